The van der Waals surface area contributed by atoms with Gasteiger partial charge in [-0.25, -0.2) is 0 Å². The summed E-state index contributed by atoms with van der Waals surface area (Å²) >= 11 is 1.22. The van der Waals surface area contributed by atoms with Gasteiger partial charge in [0.15, 0.2) is 5.75 Å². The van der Waals surface area contributed by atoms with E-state index < -0.39 is 0 Å². The lowest BCUT2D eigenvalue weighted by atomic mass is 10.00. The van der Waals surface area contributed by atoms with Crippen LogP contribution in [-0.2, 0) is 0 Å². The van der Waals surface area contributed by atoms with Crippen molar-refractivity contribution < 1.29 is 4.74 Å². The van der Waals surface area contributed by atoms with Crippen molar-refractivity contribution in [2.75, 3.05) is 7.11 Å². The lowest BCUT2D eigenvalue weighted by Gasteiger charge is -2.18. The van der Waals surface area contributed by atoms with Crippen LogP contribution in [-0.4, -0.2) is 21.0 Å². The lowest BCUT2D eigenvalue weighted by Crippen LogP contribution is -2.15. The summed E-state index contributed by atoms with van der Waals surface area (Å²) in [4.78, 5) is 30.4. The van der Waals surface area contributed by atoms with Gasteiger partial charge in [-0.2, -0.15) is 0 Å². The van der Waals surface area contributed by atoms with Crippen molar-refractivity contribution in [3.05, 3.63) is 56.7 Å². The van der Waals surface area contributed by atoms with Gasteiger partial charge in [0, 0.05) is 29.1 Å². The first-order valence-electron chi connectivity index (χ1n) is 8.80. The van der Waals surface area contributed by atoms with E-state index in [2.05, 4.69) is 13.9 Å². The van der Waals surface area contributed by atoms with E-state index in [0.29, 0.717) is 16.0 Å². The van der Waals surface area contributed by atoms with E-state index in [1.807, 2.05) is 25.1 Å². The van der Waals surface area contributed by atoms with E-state index in [9.17, 15) is 9.59 Å². The van der Waals surface area contributed by atoms with Gasteiger partial charge in [-0.3, -0.25) is 18.9 Å². The Bertz CT molecular complexity index is 1330. The number of fused-ring (bicyclic) bond motifs is 2. The van der Waals surface area contributed by atoms with Gasteiger partial charge in [-0.1, -0.05) is 6.07 Å². The monoisotopic (exact) mass is 379 g/mol. The summed E-state index contributed by atoms with van der Waals surface area (Å²) in [5.74, 6) is 0.648. The summed E-state index contributed by atoms with van der Waals surface area (Å²) in [6, 6.07) is 7.86. The maximum atomic E-state index is 13.1. The first-order valence-corrected chi connectivity index (χ1v) is 9.62. The Kier molecular flexibility index (Phi) is 3.48. The zero-order valence-corrected chi connectivity index (χ0v) is 15.7. The van der Waals surface area contributed by atoms with Crippen molar-refractivity contribution in [3.63, 3.8) is 0 Å². The Labute approximate surface area is 158 Å². The van der Waals surface area contributed by atoms with Crippen molar-refractivity contribution in [1.82, 2.24) is 13.9 Å². The minimum Gasteiger partial charge on any atom is -0.494 e. The highest BCUT2D eigenvalue weighted by molar-refractivity contribution is 7.12. The van der Waals surface area contributed by atoms with Crippen LogP contribution in [0.15, 0.2) is 40.1 Å². The molecule has 1 aliphatic carbocycles. The number of hydrogen-bond acceptors (Lipinski definition) is 5. The van der Waals surface area contributed by atoms with Crippen LogP contribution in [0.5, 0.6) is 5.75 Å². The van der Waals surface area contributed by atoms with Gasteiger partial charge in [0.05, 0.1) is 18.0 Å². The van der Waals surface area contributed by atoms with E-state index in [-0.39, 0.29) is 22.4 Å². The maximum absolute atomic E-state index is 13.1. The summed E-state index contributed by atoms with van der Waals surface area (Å²) in [6.07, 6.45) is 3.81. The molecule has 0 aliphatic heterocycles. The van der Waals surface area contributed by atoms with Crippen molar-refractivity contribution in [2.45, 2.75) is 25.8 Å². The topological polar surface area (TPSA) is 77.0 Å². The molecule has 5 rings (SSSR count). The molecule has 1 fully saturated rings. The number of benzene rings is 1. The fraction of sp³-hybridized carbons (Fsp3) is 0.250. The molecule has 6 nitrogen and oxygen atoms in total. The minimum absolute atomic E-state index is 0.242. The molecule has 1 N–H and O–H groups in total. The second-order valence-corrected chi connectivity index (χ2v) is 7.62. The van der Waals surface area contributed by atoms with Gasteiger partial charge in [0.2, 0.25) is 5.43 Å². The van der Waals surface area contributed by atoms with Gasteiger partial charge in [-0.15, -0.1) is 0 Å². The van der Waals surface area contributed by atoms with E-state index in [0.717, 1.165) is 35.2 Å². The molecule has 27 heavy (non-hydrogen) atoms. The molecule has 0 atom stereocenters. The summed E-state index contributed by atoms with van der Waals surface area (Å²) in [6.45, 7) is 1.95. The third kappa shape index (κ3) is 2.28. The average Bonchev–Trinajstić information content (AvgIpc) is 3.43. The fourth-order valence-electron chi connectivity index (χ4n) is 3.76. The number of rotatable bonds is 3. The number of nitrogens with one attached hydrogen (secondary N) is 1. The Balaban J connectivity index is 2.00. The number of ether oxygens (including phenoxy) is 1. The van der Waals surface area contributed by atoms with Crippen LogP contribution in [0.2, 0.25) is 0 Å². The van der Waals surface area contributed by atoms with Gasteiger partial charge < -0.3 is 9.30 Å². The van der Waals surface area contributed by atoms with Crippen molar-refractivity contribution in [3.8, 4) is 16.9 Å². The minimum atomic E-state index is -0.317. The quantitative estimate of drug-likeness (QED) is 0.590. The predicted molar refractivity (Wildman–Crippen MR) is 107 cm³/mol. The molecule has 0 spiro atoms. The number of aryl methyl sites for hydroxylation is 1. The molecular weight excluding hydrogens is 362 g/mol. The SMILES string of the molecule is COc1c(-c2cccnc2C)ccc2c(=O)c3c(=O)[nH]sc3n(C3CC3)c12. The number of hydrogen-bond donors (Lipinski definition) is 1. The summed E-state index contributed by atoms with van der Waals surface area (Å²) in [5, 5.41) is 0.757. The van der Waals surface area contributed by atoms with Crippen LogP contribution >= 0.6 is 11.5 Å². The molecule has 3 heterocycles. The number of nitrogens with zero attached hydrogens (tertiary/aromatic N) is 2. The molecule has 0 bridgehead atoms. The molecule has 0 unspecified atom stereocenters. The Morgan fingerprint density at radius 1 is 1.22 bits per heavy atom. The van der Waals surface area contributed by atoms with Crippen molar-refractivity contribution in [2.24, 2.45) is 0 Å². The third-order valence-electron chi connectivity index (χ3n) is 5.16. The molecule has 4 aromatic rings. The number of H-pyrrole nitrogens is 1. The third-order valence-corrected chi connectivity index (χ3v) is 6.04. The molecule has 0 radical (unpaired) electrons. The molecule has 3 aromatic heterocycles. The van der Waals surface area contributed by atoms with Crippen LogP contribution in [0.3, 0.4) is 0 Å². The molecular formula is C20H17N3O3S. The zero-order chi connectivity index (χ0) is 18.7. The van der Waals surface area contributed by atoms with Crippen molar-refractivity contribution in [1.29, 1.82) is 0 Å². The van der Waals surface area contributed by atoms with Crippen LogP contribution in [0.4, 0.5) is 0 Å². The highest BCUT2D eigenvalue weighted by Gasteiger charge is 2.30. The van der Waals surface area contributed by atoms with Crippen molar-refractivity contribution >= 4 is 32.7 Å². The molecule has 136 valence electrons. The molecule has 1 aliphatic rings. The highest BCUT2D eigenvalue weighted by atomic mass is 32.1. The van der Waals surface area contributed by atoms with E-state index in [1.54, 1.807) is 19.4 Å². The highest BCUT2D eigenvalue weighted by Crippen LogP contribution is 2.44. The van der Waals surface area contributed by atoms with Crippen LogP contribution in [0.1, 0.15) is 24.6 Å². The number of methoxy groups -OCH3 is 1. The van der Waals surface area contributed by atoms with Crippen LogP contribution < -0.4 is 15.7 Å². The zero-order valence-electron chi connectivity index (χ0n) is 14.9. The van der Waals surface area contributed by atoms with Gasteiger partial charge in [0.1, 0.15) is 10.2 Å². The first kappa shape index (κ1) is 16.3. The molecule has 0 amide bonds. The molecule has 7 heteroatoms. The normalized spacial score (nSPS) is 14.1. The van der Waals surface area contributed by atoms with E-state index >= 15 is 0 Å². The molecule has 1 saturated carbocycles. The van der Waals surface area contributed by atoms with Gasteiger partial charge >= 0.3 is 0 Å². The van der Waals surface area contributed by atoms with Crippen LogP contribution in [0, 0.1) is 6.92 Å². The summed E-state index contributed by atoms with van der Waals surface area (Å²) < 4.78 is 10.7. The standard InChI is InChI=1S/C20H17N3O3S/c1-10-12(4-3-9-21-10)13-7-8-14-16(18(13)26-2)23(11-5-6-11)20-15(17(14)24)19(25)22-27-20/h3-4,7-9,11H,5-6H2,1-2H3,(H,22,25). The Morgan fingerprint density at radius 2 is 2.04 bits per heavy atom. The maximum Gasteiger partial charge on any atom is 0.271 e. The van der Waals surface area contributed by atoms with Gasteiger partial charge in [0.25, 0.3) is 5.56 Å². The largest absolute Gasteiger partial charge is 0.494 e. The molecule has 0 saturated heterocycles. The fourth-order valence-corrected chi connectivity index (χ4v) is 4.68. The first-order chi connectivity index (χ1) is 13.1. The van der Waals surface area contributed by atoms with E-state index in [1.165, 1.54) is 11.5 Å². The number of aromatic amines is 1. The average molecular weight is 379 g/mol. The van der Waals surface area contributed by atoms with E-state index in [4.69, 9.17) is 4.74 Å². The van der Waals surface area contributed by atoms with Crippen LogP contribution in [0.25, 0.3) is 32.2 Å². The smallest absolute Gasteiger partial charge is 0.271 e. The van der Waals surface area contributed by atoms with Gasteiger partial charge in [-0.05, 0) is 49.5 Å². The second-order valence-electron chi connectivity index (χ2n) is 6.82. The second kappa shape index (κ2) is 5.79. The predicted octanol–water partition coefficient (Wildman–Crippen LogP) is 3.62. The number of aromatic nitrogens is 3. The molecule has 1 aromatic carbocycles. The number of pyridine rings is 2. The summed E-state index contributed by atoms with van der Waals surface area (Å²) in [5.41, 5.74) is 2.95. The Morgan fingerprint density at radius 3 is 2.74 bits per heavy atom. The Hall–Kier alpha value is -2.93. The lowest BCUT2D eigenvalue weighted by molar-refractivity contribution is 0.419. The summed E-state index contributed by atoms with van der Waals surface area (Å²) in [7, 11) is 1.62.